The molecule has 2 aromatic rings. The highest BCUT2D eigenvalue weighted by molar-refractivity contribution is 7.92. The van der Waals surface area contributed by atoms with Crippen molar-refractivity contribution in [3.63, 3.8) is 0 Å². The van der Waals surface area contributed by atoms with Gasteiger partial charge in [0.15, 0.2) is 0 Å². The summed E-state index contributed by atoms with van der Waals surface area (Å²) in [6.45, 7) is 2.24. The molecule has 0 fully saturated rings. The average molecular weight is 404 g/mol. The minimum absolute atomic E-state index is 0.0937. The maximum atomic E-state index is 12.7. The molecule has 0 unspecified atom stereocenters. The molecule has 1 aromatic carbocycles. The van der Waals surface area contributed by atoms with Crippen molar-refractivity contribution in [3.8, 4) is 0 Å². The molecule has 0 bridgehead atoms. The number of benzene rings is 1. The normalized spacial score (nSPS) is 11.5. The lowest BCUT2D eigenvalue weighted by molar-refractivity contribution is 0.555. The Morgan fingerprint density at radius 3 is 2.00 bits per heavy atom. The molecule has 0 aliphatic rings. The highest BCUT2D eigenvalue weighted by atomic mass is 32.2. The first-order valence-electron chi connectivity index (χ1n) is 10.5. The first-order valence-corrected chi connectivity index (χ1v) is 12.0. The fourth-order valence-corrected chi connectivity index (χ4v) is 4.53. The van der Waals surface area contributed by atoms with E-state index in [-0.39, 0.29) is 5.95 Å². The van der Waals surface area contributed by atoms with Crippen LogP contribution in [0.1, 0.15) is 76.7 Å². The van der Waals surface area contributed by atoms with Crippen LogP contribution in [-0.2, 0) is 16.4 Å². The molecule has 1 heterocycles. The van der Waals surface area contributed by atoms with E-state index in [1.165, 1.54) is 63.8 Å². The number of sulfonamides is 1. The van der Waals surface area contributed by atoms with E-state index in [1.54, 1.807) is 18.2 Å². The number of aromatic nitrogens is 2. The van der Waals surface area contributed by atoms with E-state index < -0.39 is 10.0 Å². The third-order valence-corrected chi connectivity index (χ3v) is 6.28. The van der Waals surface area contributed by atoms with Crippen LogP contribution in [-0.4, -0.2) is 18.4 Å². The first kappa shape index (κ1) is 22.3. The van der Waals surface area contributed by atoms with Crippen molar-refractivity contribution < 1.29 is 8.42 Å². The summed E-state index contributed by atoms with van der Waals surface area (Å²) in [6.07, 6.45) is 16.5. The number of nitrogens with zero attached hydrogens (tertiary/aromatic N) is 2. The first-order chi connectivity index (χ1) is 13.6. The summed E-state index contributed by atoms with van der Waals surface area (Å²) in [4.78, 5) is 8.21. The van der Waals surface area contributed by atoms with Gasteiger partial charge < -0.3 is 0 Å². The van der Waals surface area contributed by atoms with E-state index in [2.05, 4.69) is 21.6 Å². The molecule has 0 spiro atoms. The van der Waals surface area contributed by atoms with Crippen LogP contribution in [0.25, 0.3) is 0 Å². The summed E-state index contributed by atoms with van der Waals surface area (Å²) >= 11 is 0. The van der Waals surface area contributed by atoms with Crippen molar-refractivity contribution in [2.45, 2.75) is 82.4 Å². The molecular weight excluding hydrogens is 370 g/mol. The monoisotopic (exact) mass is 403 g/mol. The van der Waals surface area contributed by atoms with E-state index in [4.69, 9.17) is 0 Å². The zero-order chi connectivity index (χ0) is 20.1. The zero-order valence-electron chi connectivity index (χ0n) is 16.9. The second kappa shape index (κ2) is 12.5. The third-order valence-electron chi connectivity index (χ3n) is 4.85. The number of unbranched alkanes of at least 4 members (excludes halogenated alkanes) is 9. The lowest BCUT2D eigenvalue weighted by atomic mass is 10.0. The Balaban J connectivity index is 1.77. The molecule has 0 aliphatic carbocycles. The standard InChI is InChI=1S/C22H33N3O2S/c1-2-3-4-5-6-7-8-9-10-11-15-20-16-12-13-17-21(20)28(26,27)25-22-23-18-14-19-24-22/h12-14,16-19H,2-11,15H2,1H3,(H,23,24,25). The molecule has 0 radical (unpaired) electrons. The molecule has 0 aliphatic heterocycles. The van der Waals surface area contributed by atoms with Gasteiger partial charge in [0.1, 0.15) is 0 Å². The van der Waals surface area contributed by atoms with Gasteiger partial charge in [-0.1, -0.05) is 82.9 Å². The maximum Gasteiger partial charge on any atom is 0.264 e. The summed E-state index contributed by atoms with van der Waals surface area (Å²) in [7, 11) is -3.68. The molecule has 0 saturated carbocycles. The van der Waals surface area contributed by atoms with Crippen molar-refractivity contribution in [2.75, 3.05) is 4.72 Å². The SMILES string of the molecule is CCCCCCCCCCCCc1ccccc1S(=O)(=O)Nc1ncccn1. The topological polar surface area (TPSA) is 72.0 Å². The van der Waals surface area contributed by atoms with Crippen molar-refractivity contribution in [1.82, 2.24) is 9.97 Å². The Morgan fingerprint density at radius 1 is 0.786 bits per heavy atom. The Labute approximate surface area is 170 Å². The predicted molar refractivity (Wildman–Crippen MR) is 115 cm³/mol. The van der Waals surface area contributed by atoms with Crippen LogP contribution in [0.4, 0.5) is 5.95 Å². The molecule has 0 amide bonds. The fourth-order valence-electron chi connectivity index (χ4n) is 3.30. The number of nitrogens with one attached hydrogen (secondary N) is 1. The second-order valence-electron chi connectivity index (χ2n) is 7.22. The van der Waals surface area contributed by atoms with Gasteiger partial charge in [-0.05, 0) is 30.5 Å². The zero-order valence-corrected chi connectivity index (χ0v) is 17.8. The molecule has 5 nitrogen and oxygen atoms in total. The number of hydrogen-bond acceptors (Lipinski definition) is 4. The van der Waals surface area contributed by atoms with Gasteiger partial charge in [0.2, 0.25) is 5.95 Å². The van der Waals surface area contributed by atoms with Crippen LogP contribution in [0.2, 0.25) is 0 Å². The van der Waals surface area contributed by atoms with Crippen molar-refractivity contribution in [2.24, 2.45) is 0 Å². The highest BCUT2D eigenvalue weighted by Gasteiger charge is 2.18. The molecule has 1 aromatic heterocycles. The quantitative estimate of drug-likeness (QED) is 0.408. The number of aryl methyl sites for hydroxylation is 1. The minimum atomic E-state index is -3.68. The van der Waals surface area contributed by atoms with Crippen LogP contribution < -0.4 is 4.72 Å². The van der Waals surface area contributed by atoms with Crippen molar-refractivity contribution in [3.05, 3.63) is 48.3 Å². The third kappa shape index (κ3) is 7.97. The van der Waals surface area contributed by atoms with Crippen LogP contribution in [0.3, 0.4) is 0 Å². The number of rotatable bonds is 14. The molecule has 6 heteroatoms. The van der Waals surface area contributed by atoms with Gasteiger partial charge in [0, 0.05) is 12.4 Å². The largest absolute Gasteiger partial charge is 0.264 e. The van der Waals surface area contributed by atoms with Gasteiger partial charge in [-0.25, -0.2) is 23.1 Å². The van der Waals surface area contributed by atoms with Gasteiger partial charge in [-0.15, -0.1) is 0 Å². The van der Waals surface area contributed by atoms with E-state index in [0.717, 1.165) is 24.8 Å². The van der Waals surface area contributed by atoms with Gasteiger partial charge in [0.05, 0.1) is 4.90 Å². The summed E-state index contributed by atoms with van der Waals surface area (Å²) in [5.74, 6) is 0.0937. The lowest BCUT2D eigenvalue weighted by Gasteiger charge is -2.11. The molecular formula is C22H33N3O2S. The molecule has 154 valence electrons. The highest BCUT2D eigenvalue weighted by Crippen LogP contribution is 2.20. The van der Waals surface area contributed by atoms with Gasteiger partial charge in [-0.3, -0.25) is 0 Å². The summed E-state index contributed by atoms with van der Waals surface area (Å²) in [6, 6.07) is 8.84. The van der Waals surface area contributed by atoms with E-state index in [1.807, 2.05) is 12.1 Å². The Kier molecular flexibility index (Phi) is 9.97. The lowest BCUT2D eigenvalue weighted by Crippen LogP contribution is -2.16. The molecule has 0 atom stereocenters. The van der Waals surface area contributed by atoms with Crippen LogP contribution in [0.15, 0.2) is 47.6 Å². The van der Waals surface area contributed by atoms with Gasteiger partial charge in [-0.2, -0.15) is 0 Å². The van der Waals surface area contributed by atoms with Crippen LogP contribution in [0.5, 0.6) is 0 Å². The smallest absolute Gasteiger partial charge is 0.247 e. The average Bonchev–Trinajstić information content (AvgIpc) is 2.70. The van der Waals surface area contributed by atoms with E-state index in [9.17, 15) is 8.42 Å². The Hall–Kier alpha value is -1.95. The van der Waals surface area contributed by atoms with Crippen LogP contribution >= 0.6 is 0 Å². The van der Waals surface area contributed by atoms with E-state index in [0.29, 0.717) is 4.90 Å². The van der Waals surface area contributed by atoms with Crippen molar-refractivity contribution >= 4 is 16.0 Å². The molecule has 0 saturated heterocycles. The predicted octanol–water partition coefficient (Wildman–Crippen LogP) is 5.74. The van der Waals surface area contributed by atoms with E-state index >= 15 is 0 Å². The minimum Gasteiger partial charge on any atom is -0.247 e. The second-order valence-corrected chi connectivity index (χ2v) is 8.87. The van der Waals surface area contributed by atoms with Gasteiger partial charge in [0.25, 0.3) is 10.0 Å². The summed E-state index contributed by atoms with van der Waals surface area (Å²) in [5.41, 5.74) is 0.852. The number of anilines is 1. The Morgan fingerprint density at radius 2 is 1.36 bits per heavy atom. The molecule has 1 N–H and O–H groups in total. The van der Waals surface area contributed by atoms with Gasteiger partial charge >= 0.3 is 0 Å². The summed E-state index contributed by atoms with van der Waals surface area (Å²) < 4.78 is 27.9. The van der Waals surface area contributed by atoms with Crippen LogP contribution in [0, 0.1) is 0 Å². The molecule has 2 rings (SSSR count). The van der Waals surface area contributed by atoms with Crippen molar-refractivity contribution in [1.29, 1.82) is 0 Å². The Bertz CT molecular complexity index is 779. The number of hydrogen-bond donors (Lipinski definition) is 1. The summed E-state index contributed by atoms with van der Waals surface area (Å²) in [5, 5.41) is 0. The fraction of sp³-hybridized carbons (Fsp3) is 0.545. The molecule has 28 heavy (non-hydrogen) atoms. The maximum absolute atomic E-state index is 12.7.